The number of nitrogens with one attached hydrogen (secondary N) is 1. The monoisotopic (exact) mass is 440 g/mol. The van der Waals surface area contributed by atoms with Gasteiger partial charge in [-0.25, -0.2) is 4.39 Å². The van der Waals surface area contributed by atoms with Crippen molar-refractivity contribution in [3.8, 4) is 0 Å². The maximum Gasteiger partial charge on any atom is 0.272 e. The molecule has 0 atom stereocenters. The van der Waals surface area contributed by atoms with Gasteiger partial charge >= 0.3 is 0 Å². The molecule has 2 aromatic carbocycles. The fourth-order valence-corrected chi connectivity index (χ4v) is 3.84. The second-order valence-corrected chi connectivity index (χ2v) is 7.85. The van der Waals surface area contributed by atoms with Crippen LogP contribution in [0.4, 0.5) is 4.39 Å². The summed E-state index contributed by atoms with van der Waals surface area (Å²) in [6.45, 7) is 1.91. The van der Waals surface area contributed by atoms with Gasteiger partial charge in [0.1, 0.15) is 11.5 Å². The Morgan fingerprint density at radius 3 is 2.68 bits per heavy atom. The van der Waals surface area contributed by atoms with Crippen LogP contribution in [0.15, 0.2) is 54.6 Å². The maximum absolute atomic E-state index is 13.2. The molecule has 4 rings (SSSR count). The molecule has 1 aliphatic rings. The van der Waals surface area contributed by atoms with Crippen LogP contribution in [0, 0.1) is 5.82 Å². The number of hydrogen-bond acceptors (Lipinski definition) is 3. The van der Waals surface area contributed by atoms with E-state index in [-0.39, 0.29) is 23.3 Å². The Kier molecular flexibility index (Phi) is 6.32. The molecule has 1 aromatic heterocycles. The number of nitrogens with zero attached hydrogens (tertiary/aromatic N) is 3. The van der Waals surface area contributed by atoms with Crippen molar-refractivity contribution in [2.75, 3.05) is 13.1 Å². The molecule has 3 aromatic rings. The van der Waals surface area contributed by atoms with Gasteiger partial charge < -0.3 is 10.2 Å². The molecule has 0 saturated heterocycles. The molecule has 0 bridgehead atoms. The third kappa shape index (κ3) is 4.94. The first-order chi connectivity index (χ1) is 15.0. The normalized spacial score (nSPS) is 13.6. The van der Waals surface area contributed by atoms with Crippen molar-refractivity contribution in [2.45, 2.75) is 25.9 Å². The van der Waals surface area contributed by atoms with Crippen molar-refractivity contribution < 1.29 is 14.0 Å². The molecule has 1 aliphatic heterocycles. The molecule has 0 unspecified atom stereocenters. The average molecular weight is 441 g/mol. The fourth-order valence-electron chi connectivity index (χ4n) is 3.61. The Bertz CT molecular complexity index is 1100. The van der Waals surface area contributed by atoms with E-state index in [4.69, 9.17) is 11.6 Å². The third-order valence-electron chi connectivity index (χ3n) is 5.24. The van der Waals surface area contributed by atoms with Crippen molar-refractivity contribution in [3.05, 3.63) is 88.0 Å². The lowest BCUT2D eigenvalue weighted by Gasteiger charge is -2.20. The molecule has 0 aliphatic carbocycles. The third-order valence-corrected chi connectivity index (χ3v) is 5.61. The van der Waals surface area contributed by atoms with Crippen LogP contribution < -0.4 is 5.32 Å². The zero-order chi connectivity index (χ0) is 21.8. The van der Waals surface area contributed by atoms with E-state index in [0.717, 1.165) is 17.5 Å². The van der Waals surface area contributed by atoms with E-state index in [9.17, 15) is 14.0 Å². The van der Waals surface area contributed by atoms with E-state index < -0.39 is 0 Å². The predicted molar refractivity (Wildman–Crippen MR) is 115 cm³/mol. The van der Waals surface area contributed by atoms with Crippen LogP contribution in [0.5, 0.6) is 0 Å². The Morgan fingerprint density at radius 2 is 1.90 bits per heavy atom. The Balaban J connectivity index is 1.41. The lowest BCUT2D eigenvalue weighted by molar-refractivity contribution is 0.0745. The van der Waals surface area contributed by atoms with E-state index in [1.54, 1.807) is 21.7 Å². The number of carbonyl (C=O) groups excluding carboxylic acids is 2. The minimum absolute atomic E-state index is 0.190. The Hall–Kier alpha value is -3.19. The second-order valence-electron chi connectivity index (χ2n) is 7.44. The van der Waals surface area contributed by atoms with Crippen molar-refractivity contribution in [1.29, 1.82) is 0 Å². The molecule has 8 heteroatoms. The number of benzene rings is 2. The average Bonchev–Trinajstić information content (AvgIpc) is 3.14. The van der Waals surface area contributed by atoms with Crippen molar-refractivity contribution in [3.63, 3.8) is 0 Å². The summed E-state index contributed by atoms with van der Waals surface area (Å²) in [6.07, 6.45) is 1.32. The molecule has 0 saturated carbocycles. The number of carbonyl (C=O) groups is 2. The van der Waals surface area contributed by atoms with Crippen molar-refractivity contribution in [2.24, 2.45) is 0 Å². The number of amides is 2. The van der Waals surface area contributed by atoms with Crippen LogP contribution in [-0.4, -0.2) is 39.6 Å². The molecule has 2 heterocycles. The number of aryl methyl sites for hydroxylation is 1. The van der Waals surface area contributed by atoms with Crippen molar-refractivity contribution >= 4 is 23.4 Å². The summed E-state index contributed by atoms with van der Waals surface area (Å²) in [5.41, 5.74) is 2.40. The van der Waals surface area contributed by atoms with Crippen LogP contribution in [0.25, 0.3) is 0 Å². The van der Waals surface area contributed by atoms with Crippen molar-refractivity contribution in [1.82, 2.24) is 20.0 Å². The summed E-state index contributed by atoms with van der Waals surface area (Å²) >= 11 is 6.15. The number of halogens is 2. The smallest absolute Gasteiger partial charge is 0.272 e. The fraction of sp³-hybridized carbons (Fsp3) is 0.261. The van der Waals surface area contributed by atoms with Gasteiger partial charge in [-0.15, -0.1) is 0 Å². The quantitative estimate of drug-likeness (QED) is 0.635. The molecule has 0 fully saturated rings. The largest absolute Gasteiger partial charge is 0.350 e. The van der Waals surface area contributed by atoms with E-state index in [0.29, 0.717) is 43.3 Å². The van der Waals surface area contributed by atoms with Crippen LogP contribution in [0.3, 0.4) is 0 Å². The number of fused-ring (bicyclic) bond motifs is 1. The van der Waals surface area contributed by atoms with Gasteiger partial charge in [0.05, 0.1) is 0 Å². The lowest BCUT2D eigenvalue weighted by Crippen LogP contribution is -2.30. The van der Waals surface area contributed by atoms with Gasteiger partial charge in [0, 0.05) is 37.3 Å². The molecule has 160 valence electrons. The SMILES string of the molecule is O=C(NCCc1ccccc1Cl)c1cc2n(n1)CCCN(Cc1ccc(F)cc1)C2=O. The standard InChI is InChI=1S/C23H22ClFN4O2/c24-19-5-2-1-4-17(19)10-11-26-22(30)20-14-21-23(31)28(12-3-13-29(21)27-20)15-16-6-8-18(25)9-7-16/h1-2,4-9,14H,3,10-13,15H2,(H,26,30). The highest BCUT2D eigenvalue weighted by atomic mass is 35.5. The molecular formula is C23H22ClFN4O2. The van der Waals surface area contributed by atoms with Gasteiger partial charge in [-0.2, -0.15) is 5.10 Å². The van der Waals surface area contributed by atoms with Gasteiger partial charge in [0.15, 0.2) is 5.69 Å². The summed E-state index contributed by atoms with van der Waals surface area (Å²) in [6, 6.07) is 15.1. The van der Waals surface area contributed by atoms with Gasteiger partial charge in [-0.05, 0) is 42.2 Å². The van der Waals surface area contributed by atoms with Gasteiger partial charge in [-0.1, -0.05) is 41.9 Å². The van der Waals surface area contributed by atoms with Gasteiger partial charge in [0.25, 0.3) is 11.8 Å². The summed E-state index contributed by atoms with van der Waals surface area (Å²) in [5, 5.41) is 7.84. The highest BCUT2D eigenvalue weighted by molar-refractivity contribution is 6.31. The Labute approximate surface area is 184 Å². The Morgan fingerprint density at radius 1 is 1.13 bits per heavy atom. The zero-order valence-electron chi connectivity index (χ0n) is 16.9. The molecule has 1 N–H and O–H groups in total. The molecule has 0 spiro atoms. The second kappa shape index (κ2) is 9.31. The van der Waals surface area contributed by atoms with E-state index in [1.165, 1.54) is 18.2 Å². The van der Waals surface area contributed by atoms with E-state index in [1.807, 2.05) is 24.3 Å². The molecule has 6 nitrogen and oxygen atoms in total. The first-order valence-electron chi connectivity index (χ1n) is 10.1. The predicted octanol–water partition coefficient (Wildman–Crippen LogP) is 3.69. The van der Waals surface area contributed by atoms with Gasteiger partial charge in [-0.3, -0.25) is 14.3 Å². The lowest BCUT2D eigenvalue weighted by atomic mass is 10.1. The van der Waals surface area contributed by atoms with E-state index >= 15 is 0 Å². The van der Waals surface area contributed by atoms with E-state index in [2.05, 4.69) is 10.4 Å². The molecule has 0 radical (unpaired) electrons. The first kappa shape index (κ1) is 21.1. The maximum atomic E-state index is 13.2. The van der Waals surface area contributed by atoms with Crippen LogP contribution >= 0.6 is 11.6 Å². The minimum Gasteiger partial charge on any atom is -0.350 e. The number of aromatic nitrogens is 2. The highest BCUT2D eigenvalue weighted by Gasteiger charge is 2.26. The summed E-state index contributed by atoms with van der Waals surface area (Å²) < 4.78 is 14.7. The summed E-state index contributed by atoms with van der Waals surface area (Å²) in [7, 11) is 0. The summed E-state index contributed by atoms with van der Waals surface area (Å²) in [4.78, 5) is 27.3. The summed E-state index contributed by atoms with van der Waals surface area (Å²) in [5.74, 6) is -0.829. The topological polar surface area (TPSA) is 67.2 Å². The zero-order valence-corrected chi connectivity index (χ0v) is 17.6. The molecular weight excluding hydrogens is 419 g/mol. The highest BCUT2D eigenvalue weighted by Crippen LogP contribution is 2.18. The van der Waals surface area contributed by atoms with Crippen LogP contribution in [0.1, 0.15) is 38.5 Å². The van der Waals surface area contributed by atoms with Crippen LogP contribution in [-0.2, 0) is 19.5 Å². The van der Waals surface area contributed by atoms with Crippen LogP contribution in [0.2, 0.25) is 5.02 Å². The molecule has 2 amide bonds. The molecule has 31 heavy (non-hydrogen) atoms. The number of rotatable bonds is 6. The minimum atomic E-state index is -0.328. The number of hydrogen-bond donors (Lipinski definition) is 1. The first-order valence-corrected chi connectivity index (χ1v) is 10.5. The van der Waals surface area contributed by atoms with Gasteiger partial charge in [0.2, 0.25) is 0 Å².